The van der Waals surface area contributed by atoms with Crippen molar-refractivity contribution in [2.75, 3.05) is 0 Å². The van der Waals surface area contributed by atoms with Crippen molar-refractivity contribution < 1.29 is 9.62 Å². The highest BCUT2D eigenvalue weighted by atomic mass is 16.4. The third-order valence-corrected chi connectivity index (χ3v) is 0.946. The Labute approximate surface area is 52.6 Å². The Balaban J connectivity index is 2.85. The zero-order valence-electron chi connectivity index (χ0n) is 5.03. The fraction of sp³-hybridized carbons (Fsp3) is 0.167. The summed E-state index contributed by atoms with van der Waals surface area (Å²) in [6.07, 6.45) is 1.24. The van der Waals surface area contributed by atoms with E-state index >= 15 is 0 Å². The predicted octanol–water partition coefficient (Wildman–Crippen LogP) is 1.40. The van der Waals surface area contributed by atoms with Gasteiger partial charge in [-0.05, 0) is 19.1 Å². The van der Waals surface area contributed by atoms with Crippen LogP contribution in [0.15, 0.2) is 21.7 Å². The van der Waals surface area contributed by atoms with Gasteiger partial charge in [0.15, 0.2) is 0 Å². The lowest BCUT2D eigenvalue weighted by Gasteiger charge is -1.79. The van der Waals surface area contributed by atoms with Crippen LogP contribution in [-0.4, -0.2) is 11.4 Å². The first-order valence-electron chi connectivity index (χ1n) is 2.57. The topological polar surface area (TPSA) is 45.7 Å². The first kappa shape index (κ1) is 5.88. The first-order valence-corrected chi connectivity index (χ1v) is 2.57. The number of oxime groups is 1. The van der Waals surface area contributed by atoms with Crippen LogP contribution in [0.1, 0.15) is 11.5 Å². The quantitative estimate of drug-likeness (QED) is 0.350. The molecule has 3 nitrogen and oxygen atoms in total. The van der Waals surface area contributed by atoms with Gasteiger partial charge >= 0.3 is 0 Å². The van der Waals surface area contributed by atoms with Gasteiger partial charge in [0.2, 0.25) is 0 Å². The van der Waals surface area contributed by atoms with Gasteiger partial charge in [-0.1, -0.05) is 5.16 Å². The van der Waals surface area contributed by atoms with Crippen molar-refractivity contribution >= 4 is 6.21 Å². The fourth-order valence-electron chi connectivity index (χ4n) is 0.580. The summed E-state index contributed by atoms with van der Waals surface area (Å²) in [7, 11) is 0. The molecule has 0 fully saturated rings. The largest absolute Gasteiger partial charge is 0.460 e. The van der Waals surface area contributed by atoms with Crippen LogP contribution in [0.2, 0.25) is 0 Å². The molecule has 1 heterocycles. The van der Waals surface area contributed by atoms with E-state index in [1.165, 1.54) is 6.21 Å². The third kappa shape index (κ3) is 1.32. The van der Waals surface area contributed by atoms with Crippen molar-refractivity contribution in [3.05, 3.63) is 23.7 Å². The van der Waals surface area contributed by atoms with Gasteiger partial charge in [0.05, 0.1) is 0 Å². The Bertz CT molecular complexity index is 215. The smallest absolute Gasteiger partial charge is 0.148 e. The molecule has 0 unspecified atom stereocenters. The molecule has 0 spiro atoms. The van der Waals surface area contributed by atoms with E-state index in [1.54, 1.807) is 12.1 Å². The number of aryl methyl sites for hydroxylation is 1. The average Bonchev–Trinajstić information content (AvgIpc) is 2.17. The van der Waals surface area contributed by atoms with E-state index in [4.69, 9.17) is 9.62 Å². The SMILES string of the molecule is Cc1ccc(/C=N\O)o1. The average molecular weight is 125 g/mol. The molecule has 1 rings (SSSR count). The minimum absolute atomic E-state index is 0.565. The molecule has 48 valence electrons. The number of nitrogens with zero attached hydrogens (tertiary/aromatic N) is 1. The van der Waals surface area contributed by atoms with Crippen molar-refractivity contribution in [1.29, 1.82) is 0 Å². The van der Waals surface area contributed by atoms with Crippen LogP contribution in [-0.2, 0) is 0 Å². The summed E-state index contributed by atoms with van der Waals surface area (Å²) in [4.78, 5) is 0. The molecule has 1 aromatic heterocycles. The van der Waals surface area contributed by atoms with Crippen molar-refractivity contribution in [2.45, 2.75) is 6.92 Å². The number of furan rings is 1. The highest BCUT2D eigenvalue weighted by molar-refractivity contribution is 5.75. The third-order valence-electron chi connectivity index (χ3n) is 0.946. The van der Waals surface area contributed by atoms with Gasteiger partial charge in [-0.2, -0.15) is 0 Å². The molecular weight excluding hydrogens is 118 g/mol. The molecule has 9 heavy (non-hydrogen) atoms. The molecule has 0 aromatic carbocycles. The summed E-state index contributed by atoms with van der Waals surface area (Å²) in [5.74, 6) is 1.37. The van der Waals surface area contributed by atoms with Gasteiger partial charge in [-0.3, -0.25) is 0 Å². The summed E-state index contributed by atoms with van der Waals surface area (Å²) < 4.78 is 5.01. The Morgan fingerprint density at radius 3 is 2.89 bits per heavy atom. The second-order valence-corrected chi connectivity index (χ2v) is 1.69. The van der Waals surface area contributed by atoms with Gasteiger partial charge in [0.1, 0.15) is 17.7 Å². The molecule has 1 aromatic rings. The molecule has 0 aliphatic rings. The maximum Gasteiger partial charge on any atom is 0.148 e. The van der Waals surface area contributed by atoms with Crippen LogP contribution in [0.3, 0.4) is 0 Å². The van der Waals surface area contributed by atoms with Crippen LogP contribution in [0.5, 0.6) is 0 Å². The Hall–Kier alpha value is -1.25. The van der Waals surface area contributed by atoms with Crippen LogP contribution < -0.4 is 0 Å². The summed E-state index contributed by atoms with van der Waals surface area (Å²) in [5.41, 5.74) is 0. The predicted molar refractivity (Wildman–Crippen MR) is 32.8 cm³/mol. The van der Waals surface area contributed by atoms with Gasteiger partial charge in [0.25, 0.3) is 0 Å². The minimum atomic E-state index is 0.565. The second kappa shape index (κ2) is 2.35. The minimum Gasteiger partial charge on any atom is -0.460 e. The van der Waals surface area contributed by atoms with Crippen molar-refractivity contribution in [3.8, 4) is 0 Å². The zero-order chi connectivity index (χ0) is 6.69. The van der Waals surface area contributed by atoms with Crippen LogP contribution >= 0.6 is 0 Å². The van der Waals surface area contributed by atoms with Gasteiger partial charge in [-0.15, -0.1) is 0 Å². The van der Waals surface area contributed by atoms with Gasteiger partial charge in [-0.25, -0.2) is 0 Å². The van der Waals surface area contributed by atoms with E-state index in [1.807, 2.05) is 6.92 Å². The standard InChI is InChI=1S/C6H7NO2/c1-5-2-3-6(9-5)4-7-8/h2-4,8H,1H3/b7-4-. The maximum atomic E-state index is 8.04. The molecule has 0 radical (unpaired) electrons. The highest BCUT2D eigenvalue weighted by Gasteiger charge is 1.91. The van der Waals surface area contributed by atoms with Crippen molar-refractivity contribution in [1.82, 2.24) is 0 Å². The lowest BCUT2D eigenvalue weighted by atomic mass is 10.4. The number of hydrogen-bond acceptors (Lipinski definition) is 3. The normalized spacial score (nSPS) is 10.8. The number of hydrogen-bond donors (Lipinski definition) is 1. The van der Waals surface area contributed by atoms with Crippen molar-refractivity contribution in [2.24, 2.45) is 5.16 Å². The molecule has 1 N–H and O–H groups in total. The van der Waals surface area contributed by atoms with E-state index in [9.17, 15) is 0 Å². The summed E-state index contributed by atoms with van der Waals surface area (Å²) in [6, 6.07) is 3.53. The molecular formula is C6H7NO2. The maximum absolute atomic E-state index is 8.04. The molecule has 0 amide bonds. The first-order chi connectivity index (χ1) is 4.33. The van der Waals surface area contributed by atoms with E-state index in [-0.39, 0.29) is 0 Å². The lowest BCUT2D eigenvalue weighted by molar-refractivity contribution is 0.320. The number of rotatable bonds is 1. The van der Waals surface area contributed by atoms with Crippen molar-refractivity contribution in [3.63, 3.8) is 0 Å². The van der Waals surface area contributed by atoms with E-state index in [0.29, 0.717) is 5.76 Å². The Morgan fingerprint density at radius 1 is 1.67 bits per heavy atom. The molecule has 0 atom stereocenters. The molecule has 0 aliphatic heterocycles. The molecule has 0 saturated carbocycles. The second-order valence-electron chi connectivity index (χ2n) is 1.69. The molecule has 0 bridgehead atoms. The van der Waals surface area contributed by atoms with Gasteiger partial charge in [0, 0.05) is 0 Å². The zero-order valence-corrected chi connectivity index (χ0v) is 5.03. The van der Waals surface area contributed by atoms with E-state index < -0.39 is 0 Å². The van der Waals surface area contributed by atoms with E-state index in [2.05, 4.69) is 5.16 Å². The van der Waals surface area contributed by atoms with Crippen LogP contribution in [0.25, 0.3) is 0 Å². The fourth-order valence-corrected chi connectivity index (χ4v) is 0.580. The summed E-state index contributed by atoms with van der Waals surface area (Å²) in [5, 5.41) is 10.8. The lowest BCUT2D eigenvalue weighted by Crippen LogP contribution is -1.71. The Kier molecular flexibility index (Phi) is 1.53. The summed E-state index contributed by atoms with van der Waals surface area (Å²) in [6.45, 7) is 1.83. The van der Waals surface area contributed by atoms with Crippen LogP contribution in [0.4, 0.5) is 0 Å². The molecule has 3 heteroatoms. The van der Waals surface area contributed by atoms with Gasteiger partial charge < -0.3 is 9.62 Å². The van der Waals surface area contributed by atoms with Crippen LogP contribution in [0, 0.1) is 6.92 Å². The summed E-state index contributed by atoms with van der Waals surface area (Å²) >= 11 is 0. The highest BCUT2D eigenvalue weighted by Crippen LogP contribution is 2.02. The van der Waals surface area contributed by atoms with E-state index in [0.717, 1.165) is 5.76 Å². The molecule has 0 aliphatic carbocycles. The monoisotopic (exact) mass is 125 g/mol. The Morgan fingerprint density at radius 2 is 2.44 bits per heavy atom. The molecule has 0 saturated heterocycles.